The molecular weight excluding hydrogens is 391 g/mol. The minimum Gasteiger partial charge on any atom is -0.489 e. The lowest BCUT2D eigenvalue weighted by atomic mass is 10.2. The molecule has 0 saturated carbocycles. The lowest BCUT2D eigenvalue weighted by Gasteiger charge is -2.08. The molecule has 0 saturated heterocycles. The molecule has 7 heteroatoms. The predicted molar refractivity (Wildman–Crippen MR) is 111 cm³/mol. The first-order valence-corrected chi connectivity index (χ1v) is 9.73. The van der Waals surface area contributed by atoms with Crippen LogP contribution >= 0.6 is 11.3 Å². The zero-order valence-corrected chi connectivity index (χ0v) is 16.1. The third kappa shape index (κ3) is 5.08. The van der Waals surface area contributed by atoms with E-state index in [1.807, 2.05) is 30.3 Å². The Hall–Kier alpha value is -3.45. The number of benzene rings is 3. The van der Waals surface area contributed by atoms with Gasteiger partial charge >= 0.3 is 0 Å². The fourth-order valence-corrected chi connectivity index (χ4v) is 3.54. The third-order valence-corrected chi connectivity index (χ3v) is 4.97. The van der Waals surface area contributed by atoms with Gasteiger partial charge in [0.05, 0.1) is 10.2 Å². The highest BCUT2D eigenvalue weighted by atomic mass is 32.1. The Labute approximate surface area is 170 Å². The molecule has 0 aliphatic carbocycles. The van der Waals surface area contributed by atoms with Gasteiger partial charge in [0, 0.05) is 0 Å². The molecule has 29 heavy (non-hydrogen) atoms. The van der Waals surface area contributed by atoms with Gasteiger partial charge in [-0.25, -0.2) is 9.37 Å². The van der Waals surface area contributed by atoms with E-state index in [0.29, 0.717) is 33.5 Å². The minimum absolute atomic E-state index is 0.158. The second kappa shape index (κ2) is 8.70. The SMILES string of the molecule is O=C(COc1ccc(OCc2ccccc2)cc1)Nc1nc2ccc(F)cc2s1. The first kappa shape index (κ1) is 18.9. The van der Waals surface area contributed by atoms with Crippen molar-refractivity contribution in [1.29, 1.82) is 0 Å². The zero-order valence-electron chi connectivity index (χ0n) is 15.3. The molecule has 0 aliphatic rings. The van der Waals surface area contributed by atoms with Gasteiger partial charge in [-0.2, -0.15) is 0 Å². The van der Waals surface area contributed by atoms with Crippen molar-refractivity contribution in [3.63, 3.8) is 0 Å². The second-order valence-electron chi connectivity index (χ2n) is 6.21. The normalized spacial score (nSPS) is 10.7. The van der Waals surface area contributed by atoms with Gasteiger partial charge in [0.15, 0.2) is 11.7 Å². The molecule has 0 fully saturated rings. The third-order valence-electron chi connectivity index (χ3n) is 4.04. The first-order valence-electron chi connectivity index (χ1n) is 8.91. The molecule has 1 aromatic heterocycles. The standard InChI is InChI=1S/C22H17FN2O3S/c23-16-6-11-19-20(12-16)29-22(24-19)25-21(26)14-28-18-9-7-17(8-10-18)27-13-15-4-2-1-3-5-15/h1-12H,13-14H2,(H,24,25,26). The average molecular weight is 408 g/mol. The highest BCUT2D eigenvalue weighted by molar-refractivity contribution is 7.22. The number of anilines is 1. The van der Waals surface area contributed by atoms with Crippen LogP contribution in [0.2, 0.25) is 0 Å². The molecule has 0 bridgehead atoms. The Morgan fingerprint density at radius 2 is 1.69 bits per heavy atom. The summed E-state index contributed by atoms with van der Waals surface area (Å²) in [5.74, 6) is 0.596. The summed E-state index contributed by atoms with van der Waals surface area (Å²) in [4.78, 5) is 16.3. The van der Waals surface area contributed by atoms with E-state index in [2.05, 4.69) is 10.3 Å². The smallest absolute Gasteiger partial charge is 0.264 e. The van der Waals surface area contributed by atoms with Crippen LogP contribution in [0.4, 0.5) is 9.52 Å². The van der Waals surface area contributed by atoms with Crippen molar-refractivity contribution in [3.05, 3.63) is 84.2 Å². The predicted octanol–water partition coefficient (Wildman–Crippen LogP) is 5.03. The minimum atomic E-state index is -0.339. The number of nitrogens with zero attached hydrogens (tertiary/aromatic N) is 1. The topological polar surface area (TPSA) is 60.5 Å². The van der Waals surface area contributed by atoms with Crippen molar-refractivity contribution >= 4 is 32.6 Å². The highest BCUT2D eigenvalue weighted by Crippen LogP contribution is 2.26. The highest BCUT2D eigenvalue weighted by Gasteiger charge is 2.09. The molecule has 1 heterocycles. The van der Waals surface area contributed by atoms with E-state index in [-0.39, 0.29) is 18.3 Å². The van der Waals surface area contributed by atoms with E-state index >= 15 is 0 Å². The lowest BCUT2D eigenvalue weighted by Crippen LogP contribution is -2.19. The lowest BCUT2D eigenvalue weighted by molar-refractivity contribution is -0.118. The maximum atomic E-state index is 13.2. The molecule has 4 aromatic rings. The van der Waals surface area contributed by atoms with Crippen molar-refractivity contribution < 1.29 is 18.7 Å². The molecule has 146 valence electrons. The number of fused-ring (bicyclic) bond motifs is 1. The summed E-state index contributed by atoms with van der Waals surface area (Å²) >= 11 is 1.21. The Morgan fingerprint density at radius 1 is 0.966 bits per heavy atom. The van der Waals surface area contributed by atoms with Crippen molar-refractivity contribution in [2.24, 2.45) is 0 Å². The summed E-state index contributed by atoms with van der Waals surface area (Å²) in [6.07, 6.45) is 0. The molecule has 1 N–H and O–H groups in total. The average Bonchev–Trinajstić information content (AvgIpc) is 3.13. The van der Waals surface area contributed by atoms with Crippen molar-refractivity contribution in [1.82, 2.24) is 4.98 Å². The van der Waals surface area contributed by atoms with Gasteiger partial charge in [0.2, 0.25) is 0 Å². The Bertz CT molecular complexity index is 1110. The number of carbonyl (C=O) groups excluding carboxylic acids is 1. The molecule has 0 aliphatic heterocycles. The molecule has 1 amide bonds. The molecule has 5 nitrogen and oxygen atoms in total. The monoisotopic (exact) mass is 408 g/mol. The van der Waals surface area contributed by atoms with Gasteiger partial charge in [-0.05, 0) is 48.0 Å². The van der Waals surface area contributed by atoms with Crippen molar-refractivity contribution in [2.45, 2.75) is 6.61 Å². The number of halogens is 1. The zero-order chi connectivity index (χ0) is 20.1. The van der Waals surface area contributed by atoms with Gasteiger partial charge in [0.1, 0.15) is 23.9 Å². The van der Waals surface area contributed by atoms with Crippen LogP contribution < -0.4 is 14.8 Å². The summed E-state index contributed by atoms with van der Waals surface area (Å²) in [7, 11) is 0. The summed E-state index contributed by atoms with van der Waals surface area (Å²) in [5.41, 5.74) is 1.72. The number of amides is 1. The van der Waals surface area contributed by atoms with Gasteiger partial charge < -0.3 is 9.47 Å². The van der Waals surface area contributed by atoms with Crippen molar-refractivity contribution in [2.75, 3.05) is 11.9 Å². The summed E-state index contributed by atoms with van der Waals surface area (Å²) in [5, 5.41) is 3.07. The van der Waals surface area contributed by atoms with E-state index in [1.54, 1.807) is 30.3 Å². The van der Waals surface area contributed by atoms with Crippen LogP contribution in [0.25, 0.3) is 10.2 Å². The molecule has 0 atom stereocenters. The van der Waals surface area contributed by atoms with Gasteiger partial charge in [-0.3, -0.25) is 10.1 Å². The van der Waals surface area contributed by atoms with Crippen LogP contribution in [0, 0.1) is 5.82 Å². The van der Waals surface area contributed by atoms with E-state index in [4.69, 9.17) is 9.47 Å². The quantitative estimate of drug-likeness (QED) is 0.466. The van der Waals surface area contributed by atoms with Gasteiger partial charge in [-0.15, -0.1) is 0 Å². The van der Waals surface area contributed by atoms with Crippen LogP contribution in [0.15, 0.2) is 72.8 Å². The van der Waals surface area contributed by atoms with Crippen LogP contribution in [0.3, 0.4) is 0 Å². The molecular formula is C22H17FN2O3S. The fraction of sp³-hybridized carbons (Fsp3) is 0.0909. The van der Waals surface area contributed by atoms with Crippen LogP contribution in [0.1, 0.15) is 5.56 Å². The number of carbonyl (C=O) groups is 1. The number of hydrogen-bond acceptors (Lipinski definition) is 5. The summed E-state index contributed by atoms with van der Waals surface area (Å²) in [6, 6.07) is 21.3. The van der Waals surface area contributed by atoms with Crippen LogP contribution in [0.5, 0.6) is 11.5 Å². The number of ether oxygens (including phenoxy) is 2. The molecule has 3 aromatic carbocycles. The molecule has 0 unspecified atom stereocenters. The number of hydrogen-bond donors (Lipinski definition) is 1. The Balaban J connectivity index is 1.27. The van der Waals surface area contributed by atoms with Gasteiger partial charge in [0.25, 0.3) is 5.91 Å². The summed E-state index contributed by atoms with van der Waals surface area (Å²) in [6.45, 7) is 0.323. The number of aromatic nitrogens is 1. The van der Waals surface area contributed by atoms with E-state index < -0.39 is 0 Å². The van der Waals surface area contributed by atoms with Crippen LogP contribution in [-0.4, -0.2) is 17.5 Å². The largest absolute Gasteiger partial charge is 0.489 e. The Morgan fingerprint density at radius 3 is 2.45 bits per heavy atom. The maximum absolute atomic E-state index is 13.2. The fourth-order valence-electron chi connectivity index (χ4n) is 2.63. The van der Waals surface area contributed by atoms with E-state index in [0.717, 1.165) is 5.56 Å². The molecule has 0 spiro atoms. The Kier molecular flexibility index (Phi) is 5.67. The van der Waals surface area contributed by atoms with Crippen LogP contribution in [-0.2, 0) is 11.4 Å². The summed E-state index contributed by atoms with van der Waals surface area (Å²) < 4.78 is 25.1. The molecule has 0 radical (unpaired) electrons. The second-order valence-corrected chi connectivity index (χ2v) is 7.24. The van der Waals surface area contributed by atoms with Gasteiger partial charge in [-0.1, -0.05) is 41.7 Å². The van der Waals surface area contributed by atoms with Crippen molar-refractivity contribution in [3.8, 4) is 11.5 Å². The van der Waals surface area contributed by atoms with E-state index in [1.165, 1.54) is 23.5 Å². The number of rotatable bonds is 7. The van der Waals surface area contributed by atoms with E-state index in [9.17, 15) is 9.18 Å². The molecule has 4 rings (SSSR count). The number of nitrogens with one attached hydrogen (secondary N) is 1. The maximum Gasteiger partial charge on any atom is 0.264 e. The first-order chi connectivity index (χ1) is 14.2. The number of thiazole rings is 1.